The van der Waals surface area contributed by atoms with Crippen LogP contribution in [0.4, 0.5) is 0 Å². The summed E-state index contributed by atoms with van der Waals surface area (Å²) < 4.78 is 10.3. The zero-order chi connectivity index (χ0) is 21.8. The number of benzene rings is 2. The number of rotatable bonds is 6. The summed E-state index contributed by atoms with van der Waals surface area (Å²) in [5.74, 6) is -0.847. The molecule has 2 aromatic carbocycles. The molecule has 1 heterocycles. The van der Waals surface area contributed by atoms with Crippen molar-refractivity contribution in [2.24, 2.45) is 0 Å². The summed E-state index contributed by atoms with van der Waals surface area (Å²) in [4.78, 5) is 39.0. The number of pyridine rings is 1. The first kappa shape index (κ1) is 21.7. The highest BCUT2D eigenvalue weighted by Gasteiger charge is 2.27. The number of carbonyl (C=O) groups excluding carboxylic acids is 2. The van der Waals surface area contributed by atoms with E-state index in [2.05, 4.69) is 4.98 Å². The number of aromatic hydroxyl groups is 1. The van der Waals surface area contributed by atoms with Crippen molar-refractivity contribution < 1.29 is 24.2 Å². The first-order valence-corrected chi connectivity index (χ1v) is 11.1. The predicted molar refractivity (Wildman–Crippen MR) is 116 cm³/mol. The summed E-state index contributed by atoms with van der Waals surface area (Å²) in [5, 5.41) is 11.5. The number of aromatic nitrogens is 1. The van der Waals surface area contributed by atoms with Crippen molar-refractivity contribution in [1.82, 2.24) is 4.98 Å². The van der Waals surface area contributed by atoms with Crippen LogP contribution >= 0.6 is 11.6 Å². The zero-order valence-corrected chi connectivity index (χ0v) is 17.8. The van der Waals surface area contributed by atoms with Crippen molar-refractivity contribution in [3.8, 4) is 11.5 Å². The average Bonchev–Trinajstić information content (AvgIpc) is 2.67. The predicted octanol–water partition coefficient (Wildman–Crippen LogP) is 3.28. The standard InChI is InChI=1S/C21H18ClNO6S/c1-12(24)29-17-6-4-3-5-15(17)21(27)28-9-10-30(2)19-18(25)14-8-7-13(22)11-16(14)23-20(19)26/h3-8,11H,9-10H2,1-2H3,(H-,23,25,26)/p+1. The largest absolute Gasteiger partial charge is 0.503 e. The molecule has 1 unspecified atom stereocenters. The quantitative estimate of drug-likeness (QED) is 0.340. The lowest BCUT2D eigenvalue weighted by Crippen LogP contribution is -2.22. The number of carbonyl (C=O) groups is 2. The summed E-state index contributed by atoms with van der Waals surface area (Å²) in [6.07, 6.45) is 1.78. The molecule has 1 atom stereocenters. The SMILES string of the molecule is CC(=O)Oc1ccccc1C(=O)OCC[S+](C)c1c(O)c2ccc(Cl)cc2[nH]c1=O. The molecule has 0 saturated carbocycles. The van der Waals surface area contributed by atoms with Gasteiger partial charge in [0.1, 0.15) is 29.9 Å². The van der Waals surface area contributed by atoms with Crippen LogP contribution < -0.4 is 10.3 Å². The van der Waals surface area contributed by atoms with Crippen molar-refractivity contribution in [3.05, 3.63) is 63.4 Å². The van der Waals surface area contributed by atoms with E-state index in [0.717, 1.165) is 0 Å². The molecule has 30 heavy (non-hydrogen) atoms. The molecule has 156 valence electrons. The minimum atomic E-state index is -0.695. The number of aromatic amines is 1. The van der Waals surface area contributed by atoms with Crippen molar-refractivity contribution in [2.75, 3.05) is 18.6 Å². The summed E-state index contributed by atoms with van der Waals surface area (Å²) in [7, 11) is -0.695. The van der Waals surface area contributed by atoms with E-state index in [-0.39, 0.29) is 28.6 Å². The van der Waals surface area contributed by atoms with Gasteiger partial charge in [0.05, 0.1) is 5.52 Å². The molecular weight excluding hydrogens is 430 g/mol. The van der Waals surface area contributed by atoms with Crippen LogP contribution in [0.5, 0.6) is 11.5 Å². The van der Waals surface area contributed by atoms with E-state index in [1.165, 1.54) is 19.1 Å². The molecule has 0 bridgehead atoms. The number of ether oxygens (including phenoxy) is 2. The smallest absolute Gasteiger partial charge is 0.342 e. The highest BCUT2D eigenvalue weighted by Crippen LogP contribution is 2.30. The third kappa shape index (κ3) is 4.77. The lowest BCUT2D eigenvalue weighted by Gasteiger charge is -2.10. The maximum Gasteiger partial charge on any atom is 0.342 e. The topological polar surface area (TPSA) is 106 Å². The molecule has 0 aliphatic rings. The van der Waals surface area contributed by atoms with Crippen molar-refractivity contribution in [1.29, 1.82) is 0 Å². The van der Waals surface area contributed by atoms with Crippen LogP contribution in [-0.2, 0) is 20.4 Å². The average molecular weight is 449 g/mol. The third-order valence-corrected chi connectivity index (χ3v) is 6.33. The second kappa shape index (κ2) is 9.23. The van der Waals surface area contributed by atoms with Crippen LogP contribution in [0.25, 0.3) is 10.9 Å². The van der Waals surface area contributed by atoms with Gasteiger partial charge in [0.25, 0.3) is 4.90 Å². The van der Waals surface area contributed by atoms with E-state index in [9.17, 15) is 19.5 Å². The maximum atomic E-state index is 12.5. The van der Waals surface area contributed by atoms with Crippen LogP contribution in [0.15, 0.2) is 52.2 Å². The fraction of sp³-hybridized carbons (Fsp3) is 0.190. The van der Waals surface area contributed by atoms with Crippen LogP contribution in [0, 0.1) is 0 Å². The van der Waals surface area contributed by atoms with Crippen molar-refractivity contribution in [3.63, 3.8) is 0 Å². The minimum absolute atomic E-state index is 0.0182. The van der Waals surface area contributed by atoms with E-state index >= 15 is 0 Å². The Morgan fingerprint density at radius 2 is 1.93 bits per heavy atom. The number of hydrogen-bond donors (Lipinski definition) is 2. The molecule has 0 aliphatic carbocycles. The fourth-order valence-corrected chi connectivity index (χ4v) is 4.39. The molecule has 0 spiro atoms. The monoisotopic (exact) mass is 448 g/mol. The summed E-state index contributed by atoms with van der Waals surface area (Å²) in [6, 6.07) is 11.1. The molecule has 3 aromatic rings. The van der Waals surface area contributed by atoms with Crippen molar-refractivity contribution >= 4 is 45.3 Å². The lowest BCUT2D eigenvalue weighted by atomic mass is 10.2. The van der Waals surface area contributed by atoms with Crippen LogP contribution in [-0.4, -0.2) is 40.6 Å². The van der Waals surface area contributed by atoms with Gasteiger partial charge in [0, 0.05) is 28.2 Å². The maximum absolute atomic E-state index is 12.5. The number of nitrogens with one attached hydrogen (secondary N) is 1. The van der Waals surface area contributed by atoms with Gasteiger partial charge >= 0.3 is 17.5 Å². The van der Waals surface area contributed by atoms with Gasteiger partial charge in [-0.2, -0.15) is 0 Å². The molecule has 0 amide bonds. The number of esters is 2. The molecule has 0 aliphatic heterocycles. The van der Waals surface area contributed by atoms with Crippen molar-refractivity contribution in [2.45, 2.75) is 11.8 Å². The van der Waals surface area contributed by atoms with Crippen LogP contribution in [0.1, 0.15) is 17.3 Å². The number of fused-ring (bicyclic) bond motifs is 1. The van der Waals surface area contributed by atoms with E-state index in [4.69, 9.17) is 21.1 Å². The summed E-state index contributed by atoms with van der Waals surface area (Å²) in [6.45, 7) is 1.26. The Morgan fingerprint density at radius 3 is 2.67 bits per heavy atom. The van der Waals surface area contributed by atoms with Gasteiger partial charge in [-0.05, 0) is 30.3 Å². The van der Waals surface area contributed by atoms with Crippen LogP contribution in [0.3, 0.4) is 0 Å². The number of halogens is 1. The lowest BCUT2D eigenvalue weighted by molar-refractivity contribution is -0.131. The Labute approximate surface area is 179 Å². The van der Waals surface area contributed by atoms with Gasteiger partial charge in [-0.25, -0.2) is 4.79 Å². The molecular formula is C21H19ClNO6S+. The van der Waals surface area contributed by atoms with Gasteiger partial charge in [0.15, 0.2) is 5.75 Å². The number of para-hydroxylation sites is 1. The van der Waals surface area contributed by atoms with Crippen LogP contribution in [0.2, 0.25) is 5.02 Å². The molecule has 1 aromatic heterocycles. The number of H-pyrrole nitrogens is 1. The summed E-state index contributed by atoms with van der Waals surface area (Å²) >= 11 is 5.94. The van der Waals surface area contributed by atoms with E-state index < -0.39 is 28.4 Å². The molecule has 2 N–H and O–H groups in total. The van der Waals surface area contributed by atoms with Gasteiger partial charge in [-0.3, -0.25) is 9.59 Å². The van der Waals surface area contributed by atoms with E-state index in [1.54, 1.807) is 36.6 Å². The number of hydrogen-bond acceptors (Lipinski definition) is 6. The Kier molecular flexibility index (Phi) is 6.69. The minimum Gasteiger partial charge on any atom is -0.503 e. The normalized spacial score (nSPS) is 11.8. The molecule has 0 fully saturated rings. The highest BCUT2D eigenvalue weighted by molar-refractivity contribution is 7.96. The Hall–Kier alpha value is -2.97. The first-order chi connectivity index (χ1) is 14.3. The Balaban J connectivity index is 1.72. The second-order valence-electron chi connectivity index (χ2n) is 6.39. The first-order valence-electron chi connectivity index (χ1n) is 8.89. The van der Waals surface area contributed by atoms with Gasteiger partial charge in [0.2, 0.25) is 0 Å². The van der Waals surface area contributed by atoms with E-state index in [1.807, 2.05) is 0 Å². The zero-order valence-electron chi connectivity index (χ0n) is 16.2. The Bertz CT molecular complexity index is 1180. The summed E-state index contributed by atoms with van der Waals surface area (Å²) in [5.41, 5.74) is 0.158. The molecule has 7 nitrogen and oxygen atoms in total. The molecule has 0 saturated heterocycles. The molecule has 3 rings (SSSR count). The van der Waals surface area contributed by atoms with Gasteiger partial charge < -0.3 is 19.6 Å². The third-order valence-electron chi connectivity index (χ3n) is 4.24. The Morgan fingerprint density at radius 1 is 1.20 bits per heavy atom. The van der Waals surface area contributed by atoms with Gasteiger partial charge in [-0.15, -0.1) is 0 Å². The molecule has 9 heteroatoms. The van der Waals surface area contributed by atoms with E-state index in [0.29, 0.717) is 21.7 Å². The second-order valence-corrected chi connectivity index (χ2v) is 8.92. The fourth-order valence-electron chi connectivity index (χ4n) is 2.88. The molecule has 0 radical (unpaired) electrons. The highest BCUT2D eigenvalue weighted by atomic mass is 35.5. The van der Waals surface area contributed by atoms with Gasteiger partial charge in [-0.1, -0.05) is 23.7 Å².